The van der Waals surface area contributed by atoms with E-state index in [1.807, 2.05) is 13.0 Å². The maximum Gasteiger partial charge on any atom is 0.409 e. The molecule has 1 amide bonds. The number of amides is 1. The summed E-state index contributed by atoms with van der Waals surface area (Å²) in [5, 5.41) is 3.61. The summed E-state index contributed by atoms with van der Waals surface area (Å²) in [5.74, 6) is 0. The average Bonchev–Trinajstić information content (AvgIpc) is 2.86. The Hall–Kier alpha value is -0.780. The van der Waals surface area contributed by atoms with Crippen LogP contribution in [0.15, 0.2) is 12.1 Å². The van der Waals surface area contributed by atoms with Crippen molar-refractivity contribution in [3.63, 3.8) is 0 Å². The monoisotopic (exact) mass is 316 g/mol. The van der Waals surface area contributed by atoms with Gasteiger partial charge in [0.2, 0.25) is 0 Å². The van der Waals surface area contributed by atoms with Gasteiger partial charge in [-0.3, -0.25) is 0 Å². The first-order valence-corrected chi connectivity index (χ1v) is 8.22. The molecule has 1 unspecified atom stereocenters. The molecule has 0 spiro atoms. The maximum atomic E-state index is 11.6. The highest BCUT2D eigenvalue weighted by molar-refractivity contribution is 7.16. The van der Waals surface area contributed by atoms with E-state index in [4.69, 9.17) is 16.3 Å². The van der Waals surface area contributed by atoms with E-state index in [9.17, 15) is 4.79 Å². The van der Waals surface area contributed by atoms with E-state index in [2.05, 4.69) is 18.3 Å². The molecule has 2 heterocycles. The van der Waals surface area contributed by atoms with E-state index in [-0.39, 0.29) is 6.09 Å². The molecule has 2 rings (SSSR count). The molecule has 1 aliphatic rings. The van der Waals surface area contributed by atoms with Crippen LogP contribution in [0.2, 0.25) is 4.34 Å². The number of halogens is 1. The molecular weight excluding hydrogens is 296 g/mol. The molecule has 1 saturated heterocycles. The van der Waals surface area contributed by atoms with Crippen molar-refractivity contribution in [3.05, 3.63) is 21.3 Å². The first kappa shape index (κ1) is 15.6. The highest BCUT2D eigenvalue weighted by Crippen LogP contribution is 2.27. The van der Waals surface area contributed by atoms with Gasteiger partial charge in [-0.25, -0.2) is 4.79 Å². The fourth-order valence-corrected chi connectivity index (χ4v) is 3.51. The van der Waals surface area contributed by atoms with Gasteiger partial charge >= 0.3 is 6.09 Å². The van der Waals surface area contributed by atoms with E-state index < -0.39 is 0 Å². The lowest BCUT2D eigenvalue weighted by Gasteiger charge is -2.33. The number of nitrogens with zero attached hydrogens (tertiary/aromatic N) is 1. The molecule has 6 heteroatoms. The molecule has 0 radical (unpaired) electrons. The fraction of sp³-hybridized carbons (Fsp3) is 0.643. The van der Waals surface area contributed by atoms with Crippen molar-refractivity contribution in [2.24, 2.45) is 0 Å². The predicted octanol–water partition coefficient (Wildman–Crippen LogP) is 3.67. The third-order valence-electron chi connectivity index (χ3n) is 3.53. The number of piperidine rings is 1. The van der Waals surface area contributed by atoms with Crippen molar-refractivity contribution in [1.29, 1.82) is 0 Å². The second-order valence-electron chi connectivity index (χ2n) is 4.99. The minimum Gasteiger partial charge on any atom is -0.450 e. The molecule has 20 heavy (non-hydrogen) atoms. The number of likely N-dealkylation sites (tertiary alicyclic amines) is 1. The summed E-state index contributed by atoms with van der Waals surface area (Å²) in [5.41, 5.74) is 0. The Morgan fingerprint density at radius 1 is 1.55 bits per heavy atom. The van der Waals surface area contributed by atoms with Gasteiger partial charge in [-0.05, 0) is 38.8 Å². The van der Waals surface area contributed by atoms with E-state index >= 15 is 0 Å². The lowest BCUT2D eigenvalue weighted by atomic mass is 10.0. The van der Waals surface area contributed by atoms with Crippen LogP contribution < -0.4 is 5.32 Å². The first-order chi connectivity index (χ1) is 9.60. The quantitative estimate of drug-likeness (QED) is 0.921. The number of carbonyl (C=O) groups is 1. The van der Waals surface area contributed by atoms with E-state index in [0.717, 1.165) is 30.3 Å². The van der Waals surface area contributed by atoms with Crippen molar-refractivity contribution < 1.29 is 9.53 Å². The van der Waals surface area contributed by atoms with E-state index in [1.165, 1.54) is 4.88 Å². The topological polar surface area (TPSA) is 41.6 Å². The molecule has 0 saturated carbocycles. The Morgan fingerprint density at radius 3 is 2.80 bits per heavy atom. The molecule has 1 N–H and O–H groups in total. The number of ether oxygens (including phenoxy) is 1. The number of hydrogen-bond acceptors (Lipinski definition) is 4. The Balaban J connectivity index is 1.78. The Morgan fingerprint density at radius 2 is 2.25 bits per heavy atom. The summed E-state index contributed by atoms with van der Waals surface area (Å²) in [6, 6.07) is 4.74. The van der Waals surface area contributed by atoms with Gasteiger partial charge in [0.25, 0.3) is 0 Å². The van der Waals surface area contributed by atoms with Crippen molar-refractivity contribution in [3.8, 4) is 0 Å². The second kappa shape index (κ2) is 7.29. The van der Waals surface area contributed by atoms with Gasteiger partial charge in [0, 0.05) is 30.1 Å². The normalized spacial score (nSPS) is 18.1. The third-order valence-corrected chi connectivity index (χ3v) is 4.94. The molecule has 1 atom stereocenters. The summed E-state index contributed by atoms with van der Waals surface area (Å²) in [4.78, 5) is 14.7. The molecular formula is C14H21ClN2O2S. The van der Waals surface area contributed by atoms with Crippen LogP contribution in [-0.2, 0) is 4.74 Å². The Labute approximate surface area is 129 Å². The van der Waals surface area contributed by atoms with Crippen LogP contribution in [-0.4, -0.2) is 36.7 Å². The van der Waals surface area contributed by atoms with E-state index in [1.54, 1.807) is 16.2 Å². The molecule has 1 aliphatic heterocycles. The van der Waals surface area contributed by atoms with Crippen molar-refractivity contribution in [2.75, 3.05) is 19.7 Å². The molecule has 1 aromatic heterocycles. The summed E-state index contributed by atoms with van der Waals surface area (Å²) in [6.45, 7) is 5.94. The second-order valence-corrected chi connectivity index (χ2v) is 6.74. The zero-order chi connectivity index (χ0) is 14.5. The minimum atomic E-state index is -0.191. The smallest absolute Gasteiger partial charge is 0.409 e. The minimum absolute atomic E-state index is 0.191. The molecule has 1 fully saturated rings. The van der Waals surface area contributed by atoms with Gasteiger partial charge in [0.15, 0.2) is 0 Å². The van der Waals surface area contributed by atoms with Gasteiger partial charge in [-0.2, -0.15) is 0 Å². The third kappa shape index (κ3) is 4.11. The van der Waals surface area contributed by atoms with Crippen LogP contribution in [0.25, 0.3) is 0 Å². The van der Waals surface area contributed by atoms with E-state index in [0.29, 0.717) is 18.7 Å². The highest BCUT2D eigenvalue weighted by Gasteiger charge is 2.24. The molecule has 0 aromatic carbocycles. The number of rotatable bonds is 4. The zero-order valence-corrected chi connectivity index (χ0v) is 13.5. The lowest BCUT2D eigenvalue weighted by Crippen LogP contribution is -2.45. The van der Waals surface area contributed by atoms with Crippen LogP contribution in [0.1, 0.15) is 37.6 Å². The van der Waals surface area contributed by atoms with Gasteiger partial charge in [0.05, 0.1) is 10.9 Å². The molecule has 0 bridgehead atoms. The maximum absolute atomic E-state index is 11.6. The molecule has 112 valence electrons. The summed E-state index contributed by atoms with van der Waals surface area (Å²) < 4.78 is 5.85. The average molecular weight is 317 g/mol. The van der Waals surface area contributed by atoms with Gasteiger partial charge in [-0.1, -0.05) is 11.6 Å². The van der Waals surface area contributed by atoms with Gasteiger partial charge in [0.1, 0.15) is 0 Å². The van der Waals surface area contributed by atoms with Crippen LogP contribution >= 0.6 is 22.9 Å². The van der Waals surface area contributed by atoms with Gasteiger partial charge in [-0.15, -0.1) is 11.3 Å². The van der Waals surface area contributed by atoms with Crippen LogP contribution in [0.3, 0.4) is 0 Å². The number of hydrogen-bond donors (Lipinski definition) is 1. The molecule has 4 nitrogen and oxygen atoms in total. The molecule has 0 aliphatic carbocycles. The Bertz CT molecular complexity index is 444. The standard InChI is InChI=1S/C14H21ClN2O2S/c1-3-19-14(18)17-8-6-11(7-9-17)16-10(2)12-4-5-13(15)20-12/h4-5,10-11,16H,3,6-9H2,1-2H3. The summed E-state index contributed by atoms with van der Waals surface area (Å²) in [6.07, 6.45) is 1.73. The van der Waals surface area contributed by atoms with Crippen molar-refractivity contribution in [1.82, 2.24) is 10.2 Å². The lowest BCUT2D eigenvalue weighted by molar-refractivity contribution is 0.0944. The summed E-state index contributed by atoms with van der Waals surface area (Å²) in [7, 11) is 0. The van der Waals surface area contributed by atoms with Crippen LogP contribution in [0, 0.1) is 0 Å². The number of thiophene rings is 1. The van der Waals surface area contributed by atoms with Crippen LogP contribution in [0.4, 0.5) is 4.79 Å². The molecule has 1 aromatic rings. The predicted molar refractivity (Wildman–Crippen MR) is 82.5 cm³/mol. The van der Waals surface area contributed by atoms with Crippen molar-refractivity contribution >= 4 is 29.0 Å². The number of nitrogens with one attached hydrogen (secondary N) is 1. The number of carbonyl (C=O) groups excluding carboxylic acids is 1. The zero-order valence-electron chi connectivity index (χ0n) is 11.9. The Kier molecular flexibility index (Phi) is 5.69. The highest BCUT2D eigenvalue weighted by atomic mass is 35.5. The van der Waals surface area contributed by atoms with Gasteiger partial charge < -0.3 is 15.0 Å². The SMILES string of the molecule is CCOC(=O)N1CCC(NC(C)c2ccc(Cl)s2)CC1. The fourth-order valence-electron chi connectivity index (χ4n) is 2.44. The first-order valence-electron chi connectivity index (χ1n) is 7.03. The van der Waals surface area contributed by atoms with Crippen LogP contribution in [0.5, 0.6) is 0 Å². The largest absolute Gasteiger partial charge is 0.450 e. The van der Waals surface area contributed by atoms with Crippen molar-refractivity contribution in [2.45, 2.75) is 38.8 Å². The summed E-state index contributed by atoms with van der Waals surface area (Å²) >= 11 is 7.58.